The summed E-state index contributed by atoms with van der Waals surface area (Å²) in [5, 5.41) is 0. The summed E-state index contributed by atoms with van der Waals surface area (Å²) in [5.41, 5.74) is 0. The lowest BCUT2D eigenvalue weighted by atomic mass is 10.2. The van der Waals surface area contributed by atoms with E-state index in [-0.39, 0.29) is 0 Å². The molecule has 56 valence electrons. The monoisotopic (exact) mass is 137 g/mol. The molecule has 0 saturated carbocycles. The fraction of sp³-hybridized carbons (Fsp3) is 1.00. The molecule has 0 N–H and O–H groups in total. The average molecular weight is 137 g/mol. The predicted octanol–water partition coefficient (Wildman–Crippen LogP) is 1.59. The number of hydrogen-bond donors (Lipinski definition) is 0. The smallest absolute Gasteiger partial charge is 0.260 e. The Hall–Kier alpha value is -0.180. The molecule has 0 saturated heterocycles. The highest BCUT2D eigenvalue weighted by atomic mass is 19.3. The maximum Gasteiger partial charge on any atom is 0.260 e. The molecule has 0 spiro atoms. The van der Waals surface area contributed by atoms with E-state index in [1.807, 2.05) is 0 Å². The van der Waals surface area contributed by atoms with Gasteiger partial charge in [0.1, 0.15) is 0 Å². The standard InChI is InChI=1S/C6H13F2N/c1-5(9(3)4)6(2,7)8/h5H,1-4H3. The van der Waals surface area contributed by atoms with Gasteiger partial charge in [0.2, 0.25) is 0 Å². The molecule has 0 heterocycles. The zero-order valence-electron chi connectivity index (χ0n) is 6.28. The Labute approximate surface area is 54.7 Å². The van der Waals surface area contributed by atoms with E-state index in [4.69, 9.17) is 0 Å². The number of halogens is 2. The number of hydrogen-bond acceptors (Lipinski definition) is 1. The summed E-state index contributed by atoms with van der Waals surface area (Å²) in [4.78, 5) is 1.50. The van der Waals surface area contributed by atoms with Gasteiger partial charge in [-0.05, 0) is 21.0 Å². The van der Waals surface area contributed by atoms with Crippen molar-refractivity contribution in [3.8, 4) is 0 Å². The van der Waals surface area contributed by atoms with Gasteiger partial charge in [0, 0.05) is 6.92 Å². The minimum atomic E-state index is -2.59. The van der Waals surface area contributed by atoms with E-state index in [9.17, 15) is 8.78 Å². The van der Waals surface area contributed by atoms with Gasteiger partial charge in [-0.1, -0.05) is 0 Å². The SMILES string of the molecule is CC(N(C)C)C(C)(F)F. The Morgan fingerprint density at radius 2 is 1.67 bits per heavy atom. The Morgan fingerprint density at radius 1 is 1.33 bits per heavy atom. The van der Waals surface area contributed by atoms with Crippen LogP contribution in [0.3, 0.4) is 0 Å². The van der Waals surface area contributed by atoms with E-state index < -0.39 is 12.0 Å². The van der Waals surface area contributed by atoms with Crippen LogP contribution in [0.4, 0.5) is 8.78 Å². The second kappa shape index (κ2) is 2.60. The minimum absolute atomic E-state index is 0.683. The van der Waals surface area contributed by atoms with Crippen LogP contribution in [-0.4, -0.2) is 31.0 Å². The van der Waals surface area contributed by atoms with Gasteiger partial charge in [-0.3, -0.25) is 0 Å². The highest BCUT2D eigenvalue weighted by Crippen LogP contribution is 2.19. The van der Waals surface area contributed by atoms with Crippen LogP contribution in [0.25, 0.3) is 0 Å². The Morgan fingerprint density at radius 3 is 1.67 bits per heavy atom. The van der Waals surface area contributed by atoms with Gasteiger partial charge >= 0.3 is 0 Å². The molecule has 1 atom stereocenters. The highest BCUT2D eigenvalue weighted by Gasteiger charge is 2.31. The van der Waals surface area contributed by atoms with Gasteiger partial charge in [0.05, 0.1) is 6.04 Å². The Bertz CT molecular complexity index is 85.5. The molecule has 0 bridgehead atoms. The maximum absolute atomic E-state index is 12.3. The first-order valence-corrected chi connectivity index (χ1v) is 2.90. The summed E-state index contributed by atoms with van der Waals surface area (Å²) in [6, 6.07) is -0.683. The molecule has 0 aromatic heterocycles. The van der Waals surface area contributed by atoms with Crippen LogP contribution < -0.4 is 0 Å². The van der Waals surface area contributed by atoms with Crippen molar-refractivity contribution in [2.75, 3.05) is 14.1 Å². The topological polar surface area (TPSA) is 3.24 Å². The third kappa shape index (κ3) is 2.75. The fourth-order valence-electron chi connectivity index (χ4n) is 0.453. The molecule has 0 aliphatic heterocycles. The lowest BCUT2D eigenvalue weighted by molar-refractivity contribution is -0.0450. The van der Waals surface area contributed by atoms with Gasteiger partial charge in [0.15, 0.2) is 0 Å². The van der Waals surface area contributed by atoms with Gasteiger partial charge in [-0.2, -0.15) is 0 Å². The van der Waals surface area contributed by atoms with Crippen molar-refractivity contribution in [2.45, 2.75) is 25.8 Å². The summed E-state index contributed by atoms with van der Waals surface area (Å²) in [6.07, 6.45) is 0. The van der Waals surface area contributed by atoms with Crippen LogP contribution in [0.15, 0.2) is 0 Å². The predicted molar refractivity (Wildman–Crippen MR) is 33.8 cm³/mol. The van der Waals surface area contributed by atoms with Crippen molar-refractivity contribution < 1.29 is 8.78 Å². The zero-order valence-corrected chi connectivity index (χ0v) is 6.28. The zero-order chi connectivity index (χ0) is 7.65. The van der Waals surface area contributed by atoms with E-state index in [2.05, 4.69) is 0 Å². The Balaban J connectivity index is 3.88. The Kier molecular flexibility index (Phi) is 2.55. The average Bonchev–Trinajstić information content (AvgIpc) is 1.62. The molecule has 0 aliphatic rings. The quantitative estimate of drug-likeness (QED) is 0.558. The van der Waals surface area contributed by atoms with Gasteiger partial charge < -0.3 is 4.90 Å². The third-order valence-corrected chi connectivity index (χ3v) is 1.51. The summed E-state index contributed by atoms with van der Waals surface area (Å²) < 4.78 is 24.6. The maximum atomic E-state index is 12.3. The molecule has 0 aromatic carbocycles. The van der Waals surface area contributed by atoms with Crippen LogP contribution in [-0.2, 0) is 0 Å². The summed E-state index contributed by atoms with van der Waals surface area (Å²) >= 11 is 0. The molecule has 0 rings (SSSR count). The molecule has 1 unspecified atom stereocenters. The summed E-state index contributed by atoms with van der Waals surface area (Å²) in [7, 11) is 3.28. The minimum Gasteiger partial charge on any atom is -0.301 e. The van der Waals surface area contributed by atoms with E-state index >= 15 is 0 Å². The second-order valence-electron chi connectivity index (χ2n) is 2.60. The molecule has 3 heteroatoms. The van der Waals surface area contributed by atoms with E-state index in [1.165, 1.54) is 11.8 Å². The molecule has 0 amide bonds. The van der Waals surface area contributed by atoms with Crippen LogP contribution in [0, 0.1) is 0 Å². The lowest BCUT2D eigenvalue weighted by Gasteiger charge is -2.25. The first-order valence-electron chi connectivity index (χ1n) is 2.90. The van der Waals surface area contributed by atoms with E-state index in [0.29, 0.717) is 0 Å². The third-order valence-electron chi connectivity index (χ3n) is 1.51. The highest BCUT2D eigenvalue weighted by molar-refractivity contribution is 4.73. The van der Waals surface area contributed by atoms with Crippen molar-refractivity contribution in [1.82, 2.24) is 4.90 Å². The van der Waals surface area contributed by atoms with Crippen LogP contribution >= 0.6 is 0 Å². The van der Waals surface area contributed by atoms with Crippen molar-refractivity contribution in [3.63, 3.8) is 0 Å². The molecular formula is C6H13F2N. The molecule has 9 heavy (non-hydrogen) atoms. The summed E-state index contributed by atoms with van der Waals surface area (Å²) in [5.74, 6) is -2.59. The van der Waals surface area contributed by atoms with Gasteiger partial charge in [0.25, 0.3) is 5.92 Å². The number of rotatable bonds is 2. The molecule has 1 nitrogen and oxygen atoms in total. The number of alkyl halides is 2. The first kappa shape index (κ1) is 8.82. The molecule has 0 aliphatic carbocycles. The molecule has 0 radical (unpaired) electrons. The van der Waals surface area contributed by atoms with Gasteiger partial charge in [-0.15, -0.1) is 0 Å². The van der Waals surface area contributed by atoms with E-state index in [0.717, 1.165) is 6.92 Å². The number of nitrogens with zero attached hydrogens (tertiary/aromatic N) is 1. The molecular weight excluding hydrogens is 124 g/mol. The van der Waals surface area contributed by atoms with Crippen molar-refractivity contribution >= 4 is 0 Å². The van der Waals surface area contributed by atoms with Crippen LogP contribution in [0.1, 0.15) is 13.8 Å². The normalized spacial score (nSPS) is 16.3. The fourth-order valence-corrected chi connectivity index (χ4v) is 0.453. The molecule has 0 aromatic rings. The van der Waals surface area contributed by atoms with Crippen LogP contribution in [0.2, 0.25) is 0 Å². The van der Waals surface area contributed by atoms with Crippen molar-refractivity contribution in [3.05, 3.63) is 0 Å². The summed E-state index contributed by atoms with van der Waals surface area (Å²) in [6.45, 7) is 2.43. The van der Waals surface area contributed by atoms with Crippen LogP contribution in [0.5, 0.6) is 0 Å². The lowest BCUT2D eigenvalue weighted by Crippen LogP contribution is -2.39. The van der Waals surface area contributed by atoms with Gasteiger partial charge in [-0.25, -0.2) is 8.78 Å². The first-order chi connectivity index (χ1) is 3.85. The largest absolute Gasteiger partial charge is 0.301 e. The molecule has 0 fully saturated rings. The van der Waals surface area contributed by atoms with Crippen molar-refractivity contribution in [2.24, 2.45) is 0 Å². The second-order valence-corrected chi connectivity index (χ2v) is 2.60. The van der Waals surface area contributed by atoms with E-state index in [1.54, 1.807) is 14.1 Å². The van der Waals surface area contributed by atoms with Crippen molar-refractivity contribution in [1.29, 1.82) is 0 Å².